The van der Waals surface area contributed by atoms with E-state index >= 15 is 0 Å². The minimum atomic E-state index is -3.96. The second-order valence-electron chi connectivity index (χ2n) is 12.4. The summed E-state index contributed by atoms with van der Waals surface area (Å²) in [5.41, 5.74) is 1.64. The minimum Gasteiger partial charge on any atom is -0.481 e. The molecule has 0 unspecified atom stereocenters. The molecule has 2 aliphatic rings. The Labute approximate surface area is 283 Å². The molecule has 2 heterocycles. The van der Waals surface area contributed by atoms with Crippen molar-refractivity contribution in [3.63, 3.8) is 0 Å². The maximum Gasteiger partial charge on any atom is 0.407 e. The van der Waals surface area contributed by atoms with E-state index in [1.165, 1.54) is 4.31 Å². The molecule has 268 valence electrons. The van der Waals surface area contributed by atoms with Crippen LogP contribution in [0.25, 0.3) is 0 Å². The van der Waals surface area contributed by atoms with E-state index in [4.69, 9.17) is 28.0 Å². The minimum absolute atomic E-state index is 0.0361. The molecule has 4 rings (SSSR count). The normalized spacial score (nSPS) is 20.9. The Hall–Kier alpha value is -2.55. The molecule has 0 spiro atoms. The second kappa shape index (κ2) is 17.4. The van der Waals surface area contributed by atoms with E-state index in [-0.39, 0.29) is 62.4 Å². The second-order valence-corrected chi connectivity index (χ2v) is 16.3. The number of hydrogen-bond donors (Lipinski definition) is 2. The summed E-state index contributed by atoms with van der Waals surface area (Å²) < 4.78 is 74.6. The molecule has 13 nitrogen and oxygen atoms in total. The van der Waals surface area contributed by atoms with Crippen LogP contribution < -0.4 is 10.1 Å². The first kappa shape index (κ1) is 38.3. The molecule has 0 aromatic heterocycles. The fourth-order valence-electron chi connectivity index (χ4n) is 5.66. The molecule has 2 N–H and O–H groups in total. The number of ether oxygens (including phenoxy) is 4. The van der Waals surface area contributed by atoms with Gasteiger partial charge in [0.25, 0.3) is 0 Å². The van der Waals surface area contributed by atoms with Crippen molar-refractivity contribution in [1.82, 2.24) is 9.62 Å². The van der Waals surface area contributed by atoms with E-state index in [1.807, 2.05) is 20.8 Å². The van der Waals surface area contributed by atoms with Gasteiger partial charge in [0.2, 0.25) is 10.0 Å². The van der Waals surface area contributed by atoms with Gasteiger partial charge in [-0.3, -0.25) is 4.57 Å². The molecule has 0 radical (unpaired) electrons. The van der Waals surface area contributed by atoms with Crippen LogP contribution in [0.4, 0.5) is 4.79 Å². The first-order valence-corrected chi connectivity index (χ1v) is 19.6. The van der Waals surface area contributed by atoms with Gasteiger partial charge in [0.05, 0.1) is 49.4 Å². The number of fused-ring (bicyclic) bond motifs is 1. The SMILES string of the molecule is CCOP(=O)(COc1ccc(C[C@H](NC(=O)O[C@H]2CO[C@H]3OCC[C@H]32)[C@H](O)CN(CC(C)C)S(=O)(=O)c2ccc(C)cc2)cc1)OCC. The van der Waals surface area contributed by atoms with Crippen LogP contribution in [0.1, 0.15) is 45.2 Å². The zero-order valence-corrected chi connectivity index (χ0v) is 30.0. The highest BCUT2D eigenvalue weighted by molar-refractivity contribution is 7.89. The lowest BCUT2D eigenvalue weighted by Gasteiger charge is -2.31. The standard InChI is InChI=1S/C33H49N2O11PS/c1-6-44-47(38,45-7-2)22-43-26-12-10-25(11-13-26)18-29(34-33(37)46-31-21-42-32-28(31)16-17-41-32)30(36)20-35(19-23(3)4)48(39,40)27-14-8-24(5)9-15-27/h8-15,23,28-32,36H,6-7,16-22H2,1-5H3,(H,34,37)/t28-,29-,30+,31-,32+/m0/s1. The summed E-state index contributed by atoms with van der Waals surface area (Å²) in [4.78, 5) is 13.3. The summed E-state index contributed by atoms with van der Waals surface area (Å²) in [6.07, 6.45) is -2.38. The molecule has 2 aliphatic heterocycles. The van der Waals surface area contributed by atoms with Crippen LogP contribution in [0.5, 0.6) is 5.75 Å². The summed E-state index contributed by atoms with van der Waals surface area (Å²) in [6, 6.07) is 12.4. The Morgan fingerprint density at radius 3 is 2.33 bits per heavy atom. The molecule has 1 amide bonds. The van der Waals surface area contributed by atoms with Crippen molar-refractivity contribution in [1.29, 1.82) is 0 Å². The summed E-state index contributed by atoms with van der Waals surface area (Å²) in [5.74, 6) is 0.310. The molecule has 0 bridgehead atoms. The molecule has 2 aromatic carbocycles. The number of alkyl carbamates (subject to hydrolysis) is 1. The number of aliphatic hydroxyl groups excluding tert-OH is 1. The van der Waals surface area contributed by atoms with Gasteiger partial charge in [-0.1, -0.05) is 43.7 Å². The molecule has 15 heteroatoms. The van der Waals surface area contributed by atoms with Crippen molar-refractivity contribution in [3.05, 3.63) is 59.7 Å². The predicted molar refractivity (Wildman–Crippen MR) is 178 cm³/mol. The van der Waals surface area contributed by atoms with Crippen molar-refractivity contribution >= 4 is 23.7 Å². The molecular weight excluding hydrogens is 663 g/mol. The number of sulfonamides is 1. The van der Waals surface area contributed by atoms with Gasteiger partial charge in [-0.15, -0.1) is 0 Å². The molecule has 0 aliphatic carbocycles. The maximum absolute atomic E-state index is 13.7. The van der Waals surface area contributed by atoms with Crippen LogP contribution in [0, 0.1) is 18.8 Å². The third-order valence-corrected chi connectivity index (χ3v) is 11.6. The third-order valence-electron chi connectivity index (χ3n) is 8.05. The van der Waals surface area contributed by atoms with Gasteiger partial charge in [0.1, 0.15) is 11.9 Å². The van der Waals surface area contributed by atoms with Gasteiger partial charge in [-0.05, 0) is 69.4 Å². The van der Waals surface area contributed by atoms with Crippen molar-refractivity contribution < 1.29 is 50.9 Å². The summed E-state index contributed by atoms with van der Waals surface area (Å²) in [6.45, 7) is 10.1. The van der Waals surface area contributed by atoms with Gasteiger partial charge < -0.3 is 38.4 Å². The lowest BCUT2D eigenvalue weighted by Crippen LogP contribution is -2.51. The van der Waals surface area contributed by atoms with Crippen LogP contribution in [0.2, 0.25) is 0 Å². The Morgan fingerprint density at radius 1 is 1.04 bits per heavy atom. The number of aryl methyl sites for hydroxylation is 1. The number of aliphatic hydroxyl groups is 1. The molecular formula is C33H49N2O11PS. The third kappa shape index (κ3) is 10.5. The van der Waals surface area contributed by atoms with Gasteiger partial charge in [-0.2, -0.15) is 4.31 Å². The lowest BCUT2D eigenvalue weighted by atomic mass is 10.0. The van der Waals surface area contributed by atoms with Crippen LogP contribution in [0.15, 0.2) is 53.4 Å². The van der Waals surface area contributed by atoms with Crippen molar-refractivity contribution in [3.8, 4) is 5.75 Å². The number of nitrogens with zero attached hydrogens (tertiary/aromatic N) is 1. The van der Waals surface area contributed by atoms with Crippen molar-refractivity contribution in [2.24, 2.45) is 11.8 Å². The topological polar surface area (TPSA) is 159 Å². The Morgan fingerprint density at radius 2 is 1.71 bits per heavy atom. The van der Waals surface area contributed by atoms with E-state index in [2.05, 4.69) is 5.32 Å². The highest BCUT2D eigenvalue weighted by Gasteiger charge is 2.44. The van der Waals surface area contributed by atoms with Gasteiger partial charge in [-0.25, -0.2) is 13.2 Å². The highest BCUT2D eigenvalue weighted by Crippen LogP contribution is 2.47. The monoisotopic (exact) mass is 712 g/mol. The molecule has 2 fully saturated rings. The van der Waals surface area contributed by atoms with E-state index in [9.17, 15) is 22.9 Å². The van der Waals surface area contributed by atoms with Crippen LogP contribution in [-0.4, -0.2) is 94.3 Å². The number of hydrogen-bond acceptors (Lipinski definition) is 11. The largest absolute Gasteiger partial charge is 0.481 e. The van der Waals surface area contributed by atoms with E-state index < -0.39 is 48.3 Å². The van der Waals surface area contributed by atoms with E-state index in [0.29, 0.717) is 18.8 Å². The fraction of sp³-hybridized carbons (Fsp3) is 0.606. The zero-order chi connectivity index (χ0) is 34.9. The average molecular weight is 713 g/mol. The van der Waals surface area contributed by atoms with Crippen LogP contribution >= 0.6 is 7.60 Å². The zero-order valence-electron chi connectivity index (χ0n) is 28.3. The maximum atomic E-state index is 13.7. The molecule has 2 saturated heterocycles. The average Bonchev–Trinajstić information content (AvgIpc) is 3.65. The molecule has 5 atom stereocenters. The summed E-state index contributed by atoms with van der Waals surface area (Å²) >= 11 is 0. The molecule has 2 aromatic rings. The Balaban J connectivity index is 1.51. The van der Waals surface area contributed by atoms with Crippen LogP contribution in [-0.2, 0) is 44.3 Å². The van der Waals surface area contributed by atoms with Gasteiger partial charge in [0, 0.05) is 13.1 Å². The number of nitrogens with one attached hydrogen (secondary N) is 1. The number of benzene rings is 2. The van der Waals surface area contributed by atoms with Crippen molar-refractivity contribution in [2.75, 3.05) is 45.9 Å². The smallest absolute Gasteiger partial charge is 0.407 e. The number of amides is 1. The Kier molecular flexibility index (Phi) is 13.9. The fourth-order valence-corrected chi connectivity index (χ4v) is 8.60. The van der Waals surface area contributed by atoms with Crippen LogP contribution in [0.3, 0.4) is 0 Å². The first-order valence-electron chi connectivity index (χ1n) is 16.4. The molecule has 0 saturated carbocycles. The number of carbonyl (C=O) groups is 1. The number of rotatable bonds is 18. The van der Waals surface area contributed by atoms with E-state index in [1.54, 1.807) is 62.4 Å². The highest BCUT2D eigenvalue weighted by atomic mass is 32.2. The number of carbonyl (C=O) groups excluding carboxylic acids is 1. The van der Waals surface area contributed by atoms with Gasteiger partial charge in [0.15, 0.2) is 12.6 Å². The van der Waals surface area contributed by atoms with Crippen molar-refractivity contribution in [2.45, 2.75) is 76.9 Å². The Bertz CT molecular complexity index is 1460. The predicted octanol–water partition coefficient (Wildman–Crippen LogP) is 4.70. The summed E-state index contributed by atoms with van der Waals surface area (Å²) in [7, 11) is -7.38. The summed E-state index contributed by atoms with van der Waals surface area (Å²) in [5, 5.41) is 14.4. The quantitative estimate of drug-likeness (QED) is 0.206. The lowest BCUT2D eigenvalue weighted by molar-refractivity contribution is -0.0907. The van der Waals surface area contributed by atoms with E-state index in [0.717, 1.165) is 11.1 Å². The van der Waals surface area contributed by atoms with Gasteiger partial charge >= 0.3 is 13.7 Å². The molecule has 48 heavy (non-hydrogen) atoms. The first-order chi connectivity index (χ1) is 22.8.